The molecule has 0 aromatic carbocycles. The summed E-state index contributed by atoms with van der Waals surface area (Å²) in [5.41, 5.74) is 0. The lowest BCUT2D eigenvalue weighted by Crippen LogP contribution is -2.54. The highest BCUT2D eigenvalue weighted by atomic mass is 19.4. The third-order valence-corrected chi connectivity index (χ3v) is 2.42. The Bertz CT molecular complexity index is 361. The Kier molecular flexibility index (Phi) is 3.34. The zero-order valence-corrected chi connectivity index (χ0v) is 8.97. The lowest BCUT2D eigenvalue weighted by Gasteiger charge is -2.29. The summed E-state index contributed by atoms with van der Waals surface area (Å²) in [5, 5.41) is 0. The Hall–Kier alpha value is -0.740. The lowest BCUT2D eigenvalue weighted by atomic mass is 10.1. The number of alkyl halides is 10. The van der Waals surface area contributed by atoms with Crippen LogP contribution in [0.1, 0.15) is 6.92 Å². The maximum Gasteiger partial charge on any atom is 0.381 e. The van der Waals surface area contributed by atoms with E-state index in [9.17, 15) is 43.9 Å². The molecule has 1 nitrogen and oxygen atoms in total. The van der Waals surface area contributed by atoms with Crippen molar-refractivity contribution in [3.05, 3.63) is 0 Å². The van der Waals surface area contributed by atoms with Crippen LogP contribution in [0.25, 0.3) is 0 Å². The third-order valence-electron chi connectivity index (χ3n) is 2.42. The van der Waals surface area contributed by atoms with E-state index in [4.69, 9.17) is 0 Å². The summed E-state index contributed by atoms with van der Waals surface area (Å²) >= 11 is 0. The van der Waals surface area contributed by atoms with E-state index in [-0.39, 0.29) is 6.92 Å². The minimum absolute atomic E-state index is 0.00692. The van der Waals surface area contributed by atoms with Crippen molar-refractivity contribution in [2.24, 2.45) is 0 Å². The molecule has 1 saturated carbocycles. The van der Waals surface area contributed by atoms with Crippen LogP contribution in [0.3, 0.4) is 0 Å². The summed E-state index contributed by atoms with van der Waals surface area (Å²) in [6.07, 6.45) is -4.80. The molecule has 1 rings (SSSR count). The third kappa shape index (κ3) is 1.96. The summed E-state index contributed by atoms with van der Waals surface area (Å²) in [6, 6.07) is 0. The van der Waals surface area contributed by atoms with Gasteiger partial charge in [-0.05, 0) is 0 Å². The molecule has 0 aromatic heterocycles. The molecule has 2 unspecified atom stereocenters. The molecular formula is C8H6F10O. The Morgan fingerprint density at radius 3 is 1.63 bits per heavy atom. The first-order chi connectivity index (χ1) is 8.11. The Labute approximate surface area is 99.1 Å². The van der Waals surface area contributed by atoms with E-state index in [0.717, 1.165) is 0 Å². The van der Waals surface area contributed by atoms with Gasteiger partial charge in [-0.2, -0.15) is 26.3 Å². The quantitative estimate of drug-likeness (QED) is 0.724. The van der Waals surface area contributed by atoms with Crippen molar-refractivity contribution in [2.75, 3.05) is 6.61 Å². The molecular weight excluding hydrogens is 302 g/mol. The van der Waals surface area contributed by atoms with Crippen LogP contribution < -0.4 is 0 Å². The van der Waals surface area contributed by atoms with E-state index in [2.05, 4.69) is 4.74 Å². The average Bonchev–Trinajstić information content (AvgIpc) is 2.27. The van der Waals surface area contributed by atoms with Gasteiger partial charge < -0.3 is 4.74 Å². The first-order valence-electron chi connectivity index (χ1n) is 4.59. The standard InChI is InChI=1S/C8H6F10O/c1-4(10,11)2-19-6(14)3(9)5(12,13)7(15,16)8(6,17)18/h3H,2H2,1H3. The summed E-state index contributed by atoms with van der Waals surface area (Å²) in [4.78, 5) is 0. The fraction of sp³-hybridized carbons (Fsp3) is 1.00. The summed E-state index contributed by atoms with van der Waals surface area (Å²) in [5.74, 6) is -28.4. The molecule has 1 fully saturated rings. The van der Waals surface area contributed by atoms with Gasteiger partial charge in [0.05, 0.1) is 0 Å². The van der Waals surface area contributed by atoms with E-state index in [1.807, 2.05) is 0 Å². The molecule has 1 aliphatic rings. The molecule has 114 valence electrons. The van der Waals surface area contributed by atoms with Gasteiger partial charge in [0.2, 0.25) is 6.17 Å². The second-order valence-corrected chi connectivity index (χ2v) is 4.14. The van der Waals surface area contributed by atoms with Crippen molar-refractivity contribution in [1.82, 2.24) is 0 Å². The Morgan fingerprint density at radius 1 is 0.947 bits per heavy atom. The van der Waals surface area contributed by atoms with Gasteiger partial charge in [0.25, 0.3) is 5.92 Å². The molecule has 0 bridgehead atoms. The maximum atomic E-state index is 13.4. The van der Waals surface area contributed by atoms with Gasteiger partial charge in [-0.3, -0.25) is 0 Å². The molecule has 11 heteroatoms. The fourth-order valence-electron chi connectivity index (χ4n) is 1.37. The number of ether oxygens (including phenoxy) is 1. The van der Waals surface area contributed by atoms with E-state index < -0.39 is 42.3 Å². The fourth-order valence-corrected chi connectivity index (χ4v) is 1.37. The largest absolute Gasteiger partial charge is 0.381 e. The maximum absolute atomic E-state index is 13.4. The topological polar surface area (TPSA) is 9.23 Å². The molecule has 1 aliphatic carbocycles. The van der Waals surface area contributed by atoms with Crippen LogP contribution in [0.2, 0.25) is 0 Å². The predicted molar refractivity (Wildman–Crippen MR) is 40.1 cm³/mol. The number of halogens is 10. The zero-order chi connectivity index (χ0) is 15.5. The van der Waals surface area contributed by atoms with Crippen LogP contribution in [0.15, 0.2) is 0 Å². The molecule has 0 amide bonds. The highest BCUT2D eigenvalue weighted by molar-refractivity contribution is 5.19. The molecule has 0 aromatic rings. The molecule has 0 saturated heterocycles. The van der Waals surface area contributed by atoms with Crippen molar-refractivity contribution in [2.45, 2.75) is 42.6 Å². The van der Waals surface area contributed by atoms with Gasteiger partial charge in [-0.15, -0.1) is 0 Å². The van der Waals surface area contributed by atoms with Crippen molar-refractivity contribution in [3.63, 3.8) is 0 Å². The van der Waals surface area contributed by atoms with E-state index in [1.54, 1.807) is 0 Å². The van der Waals surface area contributed by atoms with Gasteiger partial charge in [0, 0.05) is 6.92 Å². The normalized spacial score (nSPS) is 36.5. The molecule has 0 spiro atoms. The van der Waals surface area contributed by atoms with Gasteiger partial charge in [-0.25, -0.2) is 17.6 Å². The van der Waals surface area contributed by atoms with Crippen LogP contribution in [-0.4, -0.2) is 42.3 Å². The second-order valence-electron chi connectivity index (χ2n) is 4.14. The van der Waals surface area contributed by atoms with E-state index >= 15 is 0 Å². The van der Waals surface area contributed by atoms with Gasteiger partial charge >= 0.3 is 23.6 Å². The smallest absolute Gasteiger partial charge is 0.332 e. The number of hydrogen-bond donors (Lipinski definition) is 0. The average molecular weight is 308 g/mol. The molecule has 0 aliphatic heterocycles. The lowest BCUT2D eigenvalue weighted by molar-refractivity contribution is -0.337. The first kappa shape index (κ1) is 16.3. The van der Waals surface area contributed by atoms with Gasteiger partial charge in [0.1, 0.15) is 6.61 Å². The van der Waals surface area contributed by atoms with Gasteiger partial charge in [-0.1, -0.05) is 0 Å². The van der Waals surface area contributed by atoms with E-state index in [0.29, 0.717) is 0 Å². The van der Waals surface area contributed by atoms with Crippen molar-refractivity contribution >= 4 is 0 Å². The van der Waals surface area contributed by atoms with Crippen molar-refractivity contribution in [3.8, 4) is 0 Å². The van der Waals surface area contributed by atoms with Crippen LogP contribution in [0.4, 0.5) is 43.9 Å². The molecule has 2 atom stereocenters. The van der Waals surface area contributed by atoms with Crippen LogP contribution in [0.5, 0.6) is 0 Å². The van der Waals surface area contributed by atoms with Crippen LogP contribution in [0, 0.1) is 0 Å². The van der Waals surface area contributed by atoms with Crippen LogP contribution in [-0.2, 0) is 4.74 Å². The van der Waals surface area contributed by atoms with E-state index in [1.165, 1.54) is 0 Å². The monoisotopic (exact) mass is 308 g/mol. The predicted octanol–water partition coefficient (Wildman–Crippen LogP) is 3.58. The highest BCUT2D eigenvalue weighted by Crippen LogP contribution is 2.63. The molecule has 0 radical (unpaired) electrons. The Balaban J connectivity index is 3.20. The van der Waals surface area contributed by atoms with Gasteiger partial charge in [0.15, 0.2) is 0 Å². The minimum Gasteiger partial charge on any atom is -0.332 e. The highest BCUT2D eigenvalue weighted by Gasteiger charge is 2.94. The first-order valence-corrected chi connectivity index (χ1v) is 4.59. The molecule has 0 N–H and O–H groups in total. The molecule has 19 heavy (non-hydrogen) atoms. The zero-order valence-electron chi connectivity index (χ0n) is 8.97. The summed E-state index contributed by atoms with van der Waals surface area (Å²) in [7, 11) is 0. The Morgan fingerprint density at radius 2 is 1.37 bits per heavy atom. The SMILES string of the molecule is CC(F)(F)COC1(F)C(F)C(F)(F)C(F)(F)C1(F)F. The van der Waals surface area contributed by atoms with Crippen LogP contribution >= 0.6 is 0 Å². The van der Waals surface area contributed by atoms with Crippen molar-refractivity contribution in [1.29, 1.82) is 0 Å². The molecule has 0 heterocycles. The summed E-state index contributed by atoms with van der Waals surface area (Å²) < 4.78 is 130. The second kappa shape index (κ2) is 3.89. The van der Waals surface area contributed by atoms with Crippen molar-refractivity contribution < 1.29 is 48.6 Å². The summed E-state index contributed by atoms with van der Waals surface area (Å²) in [6.45, 7) is -2.27. The number of rotatable bonds is 3. The minimum atomic E-state index is -6.42. The number of hydrogen-bond acceptors (Lipinski definition) is 1.